The normalized spacial score (nSPS) is 13.8. The lowest BCUT2D eigenvalue weighted by molar-refractivity contribution is 0.0908. The first-order chi connectivity index (χ1) is 17.6. The Hall–Kier alpha value is -2.79. The Balaban J connectivity index is 1.39. The minimum Gasteiger partial charge on any atom is -0.455 e. The lowest BCUT2D eigenvalue weighted by Gasteiger charge is -2.37. The predicted octanol–water partition coefficient (Wildman–Crippen LogP) is 3.86. The molecule has 0 bridgehead atoms. The summed E-state index contributed by atoms with van der Waals surface area (Å²) in [7, 11) is 3.24. The first kappa shape index (κ1) is 26.3. The van der Waals surface area contributed by atoms with Gasteiger partial charge in [-0.2, -0.15) is 0 Å². The van der Waals surface area contributed by atoms with Gasteiger partial charge in [0.2, 0.25) is 0 Å². The van der Waals surface area contributed by atoms with Crippen molar-refractivity contribution >= 4 is 40.8 Å². The number of benzene rings is 1. The summed E-state index contributed by atoms with van der Waals surface area (Å²) in [4.78, 5) is 26.1. The van der Waals surface area contributed by atoms with Gasteiger partial charge in [-0.05, 0) is 24.3 Å². The van der Waals surface area contributed by atoms with Crippen LogP contribution >= 0.6 is 23.4 Å². The lowest BCUT2D eigenvalue weighted by Crippen LogP contribution is -2.47. The van der Waals surface area contributed by atoms with Crippen LogP contribution in [-0.4, -0.2) is 69.4 Å². The van der Waals surface area contributed by atoms with E-state index in [1.54, 1.807) is 26.4 Å². The molecule has 192 valence electrons. The van der Waals surface area contributed by atoms with Crippen molar-refractivity contribution in [3.05, 3.63) is 64.7 Å². The molecular weight excluding hydrogens is 502 g/mol. The van der Waals surface area contributed by atoms with Crippen LogP contribution in [0.15, 0.2) is 52.0 Å². The Bertz CT molecular complexity index is 1150. The standard InChI is InChI=1S/C25H30ClN5O4S/c1-33-14-9-27-24(32)22-8-7-19(35-22)17-36-25-28-18(16-34-2)15-23(29-25)31-12-10-30(11-13-31)21-6-4-3-5-20(21)26/h3-8,15H,9-14,16-17H2,1-2H3,(H,27,32). The fourth-order valence-corrected chi connectivity index (χ4v) is 4.88. The van der Waals surface area contributed by atoms with Gasteiger partial charge in [-0.3, -0.25) is 4.79 Å². The Morgan fingerprint density at radius 1 is 1.08 bits per heavy atom. The topological polar surface area (TPSA) is 93.0 Å². The molecule has 1 aromatic carbocycles. The number of halogens is 1. The van der Waals surface area contributed by atoms with Gasteiger partial charge in [0.05, 0.1) is 35.4 Å². The van der Waals surface area contributed by atoms with E-state index in [-0.39, 0.29) is 11.7 Å². The van der Waals surface area contributed by atoms with E-state index < -0.39 is 0 Å². The third kappa shape index (κ3) is 6.91. The van der Waals surface area contributed by atoms with Crippen LogP contribution < -0.4 is 15.1 Å². The zero-order chi connectivity index (χ0) is 25.3. The molecule has 1 aliphatic heterocycles. The van der Waals surface area contributed by atoms with E-state index in [9.17, 15) is 4.79 Å². The number of rotatable bonds is 11. The van der Waals surface area contributed by atoms with E-state index >= 15 is 0 Å². The maximum Gasteiger partial charge on any atom is 0.287 e. The minimum absolute atomic E-state index is 0.264. The molecule has 1 N–H and O–H groups in total. The van der Waals surface area contributed by atoms with Gasteiger partial charge in [0.1, 0.15) is 11.6 Å². The summed E-state index contributed by atoms with van der Waals surface area (Å²) < 4.78 is 16.0. The number of hydrogen-bond acceptors (Lipinski definition) is 9. The summed E-state index contributed by atoms with van der Waals surface area (Å²) in [6, 6.07) is 13.4. The summed E-state index contributed by atoms with van der Waals surface area (Å²) in [5.41, 5.74) is 1.87. The van der Waals surface area contributed by atoms with E-state index in [0.29, 0.717) is 36.4 Å². The third-order valence-corrected chi connectivity index (χ3v) is 6.84. The molecule has 1 amide bonds. The SMILES string of the molecule is COCCNC(=O)c1ccc(CSc2nc(COC)cc(N3CCN(c4ccccc4Cl)CC3)n2)o1. The number of aromatic nitrogens is 2. The smallest absolute Gasteiger partial charge is 0.287 e. The Morgan fingerprint density at radius 3 is 2.61 bits per heavy atom. The van der Waals surface area contributed by atoms with Gasteiger partial charge in [0.15, 0.2) is 10.9 Å². The Labute approximate surface area is 220 Å². The number of amides is 1. The average Bonchev–Trinajstić information content (AvgIpc) is 3.37. The average molecular weight is 532 g/mol. The number of piperazine rings is 1. The second kappa shape index (κ2) is 13.0. The third-order valence-electron chi connectivity index (χ3n) is 5.65. The monoisotopic (exact) mass is 531 g/mol. The highest BCUT2D eigenvalue weighted by molar-refractivity contribution is 7.98. The second-order valence-electron chi connectivity index (χ2n) is 8.16. The van der Waals surface area contributed by atoms with Gasteiger partial charge in [-0.25, -0.2) is 9.97 Å². The zero-order valence-corrected chi connectivity index (χ0v) is 22.0. The fraction of sp³-hybridized carbons (Fsp3) is 0.400. The van der Waals surface area contributed by atoms with Crippen LogP contribution in [0.1, 0.15) is 22.0 Å². The van der Waals surface area contributed by atoms with Gasteiger partial charge >= 0.3 is 0 Å². The summed E-state index contributed by atoms with van der Waals surface area (Å²) in [6.45, 7) is 4.60. The van der Waals surface area contributed by atoms with Crippen molar-refractivity contribution in [1.29, 1.82) is 0 Å². The van der Waals surface area contributed by atoms with Crippen LogP contribution in [0, 0.1) is 0 Å². The number of para-hydroxylation sites is 1. The van der Waals surface area contributed by atoms with Gasteiger partial charge in [0, 0.05) is 53.0 Å². The summed E-state index contributed by atoms with van der Waals surface area (Å²) in [5, 5.41) is 4.15. The quantitative estimate of drug-likeness (QED) is 0.225. The molecule has 11 heteroatoms. The fourth-order valence-electron chi connectivity index (χ4n) is 3.86. The number of anilines is 2. The molecule has 0 saturated carbocycles. The van der Waals surface area contributed by atoms with Gasteiger partial charge in [-0.15, -0.1) is 0 Å². The summed E-state index contributed by atoms with van der Waals surface area (Å²) in [5.74, 6) is 2.05. The van der Waals surface area contributed by atoms with Crippen molar-refractivity contribution in [3.63, 3.8) is 0 Å². The van der Waals surface area contributed by atoms with Crippen molar-refractivity contribution in [2.45, 2.75) is 17.5 Å². The van der Waals surface area contributed by atoms with Crippen molar-refractivity contribution in [1.82, 2.24) is 15.3 Å². The van der Waals surface area contributed by atoms with E-state index in [0.717, 1.165) is 48.4 Å². The number of methoxy groups -OCH3 is 2. The molecule has 0 unspecified atom stereocenters. The molecule has 0 aliphatic carbocycles. The van der Waals surface area contributed by atoms with Gasteiger partial charge in [0.25, 0.3) is 5.91 Å². The molecule has 0 spiro atoms. The molecule has 9 nitrogen and oxygen atoms in total. The predicted molar refractivity (Wildman–Crippen MR) is 141 cm³/mol. The molecule has 3 heterocycles. The number of thioether (sulfide) groups is 1. The van der Waals surface area contributed by atoms with Crippen LogP contribution in [0.2, 0.25) is 5.02 Å². The minimum atomic E-state index is -0.264. The van der Waals surface area contributed by atoms with Crippen molar-refractivity contribution < 1.29 is 18.7 Å². The molecule has 36 heavy (non-hydrogen) atoms. The molecule has 3 aromatic rings. The molecule has 0 atom stereocenters. The molecule has 1 fully saturated rings. The molecule has 4 rings (SSSR count). The van der Waals surface area contributed by atoms with E-state index in [1.165, 1.54) is 11.8 Å². The maximum absolute atomic E-state index is 12.2. The molecule has 1 saturated heterocycles. The molecule has 0 radical (unpaired) electrons. The van der Waals surface area contributed by atoms with Crippen LogP contribution in [0.5, 0.6) is 0 Å². The van der Waals surface area contributed by atoms with Gasteiger partial charge < -0.3 is 29.0 Å². The molecular formula is C25H30ClN5O4S. The number of furan rings is 1. The highest BCUT2D eigenvalue weighted by atomic mass is 35.5. The first-order valence-corrected chi connectivity index (χ1v) is 13.0. The van der Waals surface area contributed by atoms with Crippen LogP contribution in [0.25, 0.3) is 0 Å². The van der Waals surface area contributed by atoms with E-state index in [2.05, 4.69) is 26.2 Å². The van der Waals surface area contributed by atoms with E-state index in [1.807, 2.05) is 24.3 Å². The van der Waals surface area contributed by atoms with Crippen LogP contribution in [0.3, 0.4) is 0 Å². The zero-order valence-electron chi connectivity index (χ0n) is 20.4. The number of nitrogens with zero attached hydrogens (tertiary/aromatic N) is 4. The highest BCUT2D eigenvalue weighted by Gasteiger charge is 2.21. The summed E-state index contributed by atoms with van der Waals surface area (Å²) in [6.07, 6.45) is 0. The van der Waals surface area contributed by atoms with Gasteiger partial charge in [-0.1, -0.05) is 35.5 Å². The molecule has 1 aliphatic rings. The highest BCUT2D eigenvalue weighted by Crippen LogP contribution is 2.28. The molecule has 2 aromatic heterocycles. The lowest BCUT2D eigenvalue weighted by atomic mass is 10.2. The number of carbonyl (C=O) groups excluding carboxylic acids is 1. The second-order valence-corrected chi connectivity index (χ2v) is 9.51. The van der Waals surface area contributed by atoms with Crippen molar-refractivity contribution in [3.8, 4) is 0 Å². The largest absolute Gasteiger partial charge is 0.455 e. The number of carbonyl (C=O) groups is 1. The van der Waals surface area contributed by atoms with Crippen LogP contribution in [0.4, 0.5) is 11.5 Å². The number of ether oxygens (including phenoxy) is 2. The number of hydrogen-bond donors (Lipinski definition) is 1. The number of nitrogens with one attached hydrogen (secondary N) is 1. The Morgan fingerprint density at radius 2 is 1.86 bits per heavy atom. The summed E-state index contributed by atoms with van der Waals surface area (Å²) >= 11 is 7.85. The Kier molecular flexibility index (Phi) is 9.46. The van der Waals surface area contributed by atoms with Crippen molar-refractivity contribution in [2.75, 3.05) is 63.4 Å². The maximum atomic E-state index is 12.2. The van der Waals surface area contributed by atoms with E-state index in [4.69, 9.17) is 30.5 Å². The first-order valence-electron chi connectivity index (χ1n) is 11.7. The van der Waals surface area contributed by atoms with Crippen LogP contribution in [-0.2, 0) is 21.8 Å². The van der Waals surface area contributed by atoms with Crippen molar-refractivity contribution in [2.24, 2.45) is 0 Å².